The van der Waals surface area contributed by atoms with Crippen LogP contribution in [-0.2, 0) is 6.42 Å². The highest BCUT2D eigenvalue weighted by Gasteiger charge is 2.24. The number of aromatic nitrogens is 3. The lowest BCUT2D eigenvalue weighted by molar-refractivity contribution is 0.0951. The molecule has 1 aliphatic heterocycles. The number of carbonyl (C=O) groups excluding carboxylic acids is 1. The van der Waals surface area contributed by atoms with Gasteiger partial charge in [-0.2, -0.15) is 0 Å². The van der Waals surface area contributed by atoms with Gasteiger partial charge in [0.05, 0.1) is 11.2 Å². The smallest absolute Gasteiger partial charge is 0.251 e. The molecule has 1 amide bonds. The molecule has 0 radical (unpaired) electrons. The highest BCUT2D eigenvalue weighted by Crippen LogP contribution is 2.36. The minimum absolute atomic E-state index is 0.0103. The molecule has 6 nitrogen and oxygen atoms in total. The Hall–Kier alpha value is -3.80. The third-order valence-electron chi connectivity index (χ3n) is 5.96. The van der Waals surface area contributed by atoms with E-state index in [-0.39, 0.29) is 5.91 Å². The van der Waals surface area contributed by atoms with Crippen LogP contribution in [0.25, 0.3) is 22.3 Å². The molecule has 1 N–H and O–H groups in total. The zero-order chi connectivity index (χ0) is 20.8. The average Bonchev–Trinajstić information content (AvgIpc) is 3.53. The van der Waals surface area contributed by atoms with Crippen LogP contribution in [-0.4, -0.2) is 33.4 Å². The van der Waals surface area contributed by atoms with Gasteiger partial charge >= 0.3 is 0 Å². The Morgan fingerprint density at radius 2 is 1.81 bits per heavy atom. The highest BCUT2D eigenvalue weighted by atomic mass is 16.1. The van der Waals surface area contributed by atoms with Crippen molar-refractivity contribution in [2.45, 2.75) is 25.3 Å². The number of hydrogen-bond donors (Lipinski definition) is 1. The topological polar surface area (TPSA) is 71.0 Å². The van der Waals surface area contributed by atoms with Crippen molar-refractivity contribution in [3.8, 4) is 11.3 Å². The minimum atomic E-state index is -0.0103. The lowest BCUT2D eigenvalue weighted by atomic mass is 10.1. The van der Waals surface area contributed by atoms with E-state index in [0.717, 1.165) is 53.9 Å². The summed E-state index contributed by atoms with van der Waals surface area (Å²) in [4.78, 5) is 28.4. The second-order valence-corrected chi connectivity index (χ2v) is 8.12. The van der Waals surface area contributed by atoms with Crippen LogP contribution in [0.1, 0.15) is 28.8 Å². The van der Waals surface area contributed by atoms with E-state index in [1.807, 2.05) is 36.4 Å². The second-order valence-electron chi connectivity index (χ2n) is 8.12. The Morgan fingerprint density at radius 1 is 0.968 bits per heavy atom. The summed E-state index contributed by atoms with van der Waals surface area (Å²) >= 11 is 0. The van der Waals surface area contributed by atoms with Crippen molar-refractivity contribution in [2.75, 3.05) is 11.4 Å². The molecule has 6 heteroatoms. The average molecular weight is 407 g/mol. The molecule has 6 rings (SSSR count). The molecule has 1 aliphatic carbocycles. The third kappa shape index (κ3) is 3.30. The van der Waals surface area contributed by atoms with E-state index < -0.39 is 0 Å². The van der Waals surface area contributed by atoms with E-state index in [9.17, 15) is 4.79 Å². The van der Waals surface area contributed by atoms with Gasteiger partial charge in [0.15, 0.2) is 5.82 Å². The first-order valence-corrected chi connectivity index (χ1v) is 10.6. The molecule has 152 valence electrons. The van der Waals surface area contributed by atoms with Gasteiger partial charge in [0, 0.05) is 29.4 Å². The largest absolute Gasteiger partial charge is 0.349 e. The standard InChI is InChI=1S/C25H21N5O/c31-25(28-19-9-10-19)18-7-5-16(6-8-18)20-11-12-21-23(29-20)24(27-15-26-21)30-14-13-17-3-1-2-4-22(17)30/h1-8,11-12,15,19H,9-10,13-14H2,(H,28,31). The van der Waals surface area contributed by atoms with Crippen molar-refractivity contribution in [1.29, 1.82) is 0 Å². The van der Waals surface area contributed by atoms with Gasteiger partial charge in [-0.05, 0) is 55.2 Å². The molecule has 0 saturated heterocycles. The number of hydrogen-bond acceptors (Lipinski definition) is 5. The van der Waals surface area contributed by atoms with Crippen LogP contribution < -0.4 is 10.2 Å². The highest BCUT2D eigenvalue weighted by molar-refractivity contribution is 5.95. The van der Waals surface area contributed by atoms with Gasteiger partial charge in [0.25, 0.3) is 5.91 Å². The van der Waals surface area contributed by atoms with Crippen LogP contribution in [0.5, 0.6) is 0 Å². The third-order valence-corrected chi connectivity index (χ3v) is 5.96. The predicted molar refractivity (Wildman–Crippen MR) is 120 cm³/mol. The summed E-state index contributed by atoms with van der Waals surface area (Å²) in [5, 5.41) is 3.02. The first-order valence-electron chi connectivity index (χ1n) is 10.6. The maximum absolute atomic E-state index is 12.3. The summed E-state index contributed by atoms with van der Waals surface area (Å²) in [6, 6.07) is 20.3. The molecule has 2 aliphatic rings. The summed E-state index contributed by atoms with van der Waals surface area (Å²) in [6.07, 6.45) is 4.76. The molecule has 2 aromatic carbocycles. The summed E-state index contributed by atoms with van der Waals surface area (Å²) in [5.41, 5.74) is 6.58. The fourth-order valence-electron chi connectivity index (χ4n) is 4.13. The SMILES string of the molecule is O=C(NC1CC1)c1ccc(-c2ccc3ncnc(N4CCc5ccccc54)c3n2)cc1. The Labute approximate surface area is 180 Å². The fourth-order valence-corrected chi connectivity index (χ4v) is 4.13. The quantitative estimate of drug-likeness (QED) is 0.547. The number of pyridine rings is 1. The number of anilines is 2. The first-order chi connectivity index (χ1) is 15.3. The summed E-state index contributed by atoms with van der Waals surface area (Å²) in [5.74, 6) is 0.820. The molecule has 4 aromatic rings. The fraction of sp³-hybridized carbons (Fsp3) is 0.200. The maximum atomic E-state index is 12.3. The van der Waals surface area contributed by atoms with Crippen molar-refractivity contribution >= 4 is 28.4 Å². The summed E-state index contributed by atoms with van der Waals surface area (Å²) in [6.45, 7) is 0.877. The van der Waals surface area contributed by atoms with Crippen LogP contribution in [0.3, 0.4) is 0 Å². The van der Waals surface area contributed by atoms with Crippen molar-refractivity contribution < 1.29 is 4.79 Å². The number of para-hydroxylation sites is 1. The monoisotopic (exact) mass is 407 g/mol. The maximum Gasteiger partial charge on any atom is 0.251 e. The number of fused-ring (bicyclic) bond motifs is 2. The first kappa shape index (κ1) is 18.0. The molecule has 1 saturated carbocycles. The molecule has 0 bridgehead atoms. The lowest BCUT2D eigenvalue weighted by Crippen LogP contribution is -2.25. The Bertz CT molecular complexity index is 1300. The summed E-state index contributed by atoms with van der Waals surface area (Å²) in [7, 11) is 0. The van der Waals surface area contributed by atoms with Gasteiger partial charge in [-0.15, -0.1) is 0 Å². The number of benzene rings is 2. The van der Waals surface area contributed by atoms with Crippen LogP contribution in [0.15, 0.2) is 67.0 Å². The lowest BCUT2D eigenvalue weighted by Gasteiger charge is -2.19. The molecule has 31 heavy (non-hydrogen) atoms. The van der Waals surface area contributed by atoms with Crippen LogP contribution in [0, 0.1) is 0 Å². The van der Waals surface area contributed by atoms with Crippen LogP contribution in [0.2, 0.25) is 0 Å². The molecule has 3 heterocycles. The van der Waals surface area contributed by atoms with E-state index in [4.69, 9.17) is 4.98 Å². The Balaban J connectivity index is 1.36. The van der Waals surface area contributed by atoms with Crippen molar-refractivity contribution in [1.82, 2.24) is 20.3 Å². The van der Waals surface area contributed by atoms with Crippen molar-refractivity contribution in [3.63, 3.8) is 0 Å². The normalized spacial score (nSPS) is 15.2. The van der Waals surface area contributed by atoms with Crippen LogP contribution >= 0.6 is 0 Å². The number of rotatable bonds is 4. The zero-order valence-electron chi connectivity index (χ0n) is 17.0. The molecule has 1 fully saturated rings. The molecule has 2 aromatic heterocycles. The summed E-state index contributed by atoms with van der Waals surface area (Å²) < 4.78 is 0. The van der Waals surface area contributed by atoms with Crippen LogP contribution in [0.4, 0.5) is 11.5 Å². The van der Waals surface area contributed by atoms with E-state index in [1.165, 1.54) is 11.3 Å². The zero-order valence-corrected chi connectivity index (χ0v) is 17.0. The van der Waals surface area contributed by atoms with E-state index >= 15 is 0 Å². The van der Waals surface area contributed by atoms with Gasteiger partial charge in [-0.3, -0.25) is 4.79 Å². The number of nitrogens with zero attached hydrogens (tertiary/aromatic N) is 4. The van der Waals surface area contributed by atoms with E-state index in [2.05, 4.69) is 44.5 Å². The van der Waals surface area contributed by atoms with Gasteiger partial charge in [-0.1, -0.05) is 30.3 Å². The van der Waals surface area contributed by atoms with Gasteiger partial charge in [0.1, 0.15) is 11.8 Å². The number of carbonyl (C=O) groups is 1. The van der Waals surface area contributed by atoms with E-state index in [1.54, 1.807) is 6.33 Å². The van der Waals surface area contributed by atoms with Crippen molar-refractivity contribution in [2.24, 2.45) is 0 Å². The molecule has 0 atom stereocenters. The van der Waals surface area contributed by atoms with Gasteiger partial charge in [0.2, 0.25) is 0 Å². The van der Waals surface area contributed by atoms with Gasteiger partial charge < -0.3 is 10.2 Å². The van der Waals surface area contributed by atoms with E-state index in [0.29, 0.717) is 11.6 Å². The van der Waals surface area contributed by atoms with Crippen molar-refractivity contribution in [3.05, 3.63) is 78.1 Å². The molecular weight excluding hydrogens is 386 g/mol. The molecule has 0 spiro atoms. The number of amides is 1. The minimum Gasteiger partial charge on any atom is -0.349 e. The molecule has 0 unspecified atom stereocenters. The number of nitrogens with one attached hydrogen (secondary N) is 1. The molecular formula is C25H21N5O. The Morgan fingerprint density at radius 3 is 2.65 bits per heavy atom. The predicted octanol–water partition coefficient (Wildman–Crippen LogP) is 4.28. The second kappa shape index (κ2) is 7.16. The van der Waals surface area contributed by atoms with Gasteiger partial charge in [-0.25, -0.2) is 15.0 Å². The Kier molecular flexibility index (Phi) is 4.16.